The minimum Gasteiger partial charge on any atom is -0.486 e. The maximum absolute atomic E-state index is 6.14. The van der Waals surface area contributed by atoms with Crippen molar-refractivity contribution in [3.8, 4) is 11.5 Å². The Balaban J connectivity index is 1.55. The van der Waals surface area contributed by atoms with Crippen LogP contribution in [0.15, 0.2) is 18.5 Å². The van der Waals surface area contributed by atoms with E-state index in [9.17, 15) is 0 Å². The molecule has 7 nitrogen and oxygen atoms in total. The molecule has 0 fully saturated rings. The van der Waals surface area contributed by atoms with Gasteiger partial charge in [-0.05, 0) is 11.6 Å². The Morgan fingerprint density at radius 3 is 2.81 bits per heavy atom. The highest BCUT2D eigenvalue weighted by molar-refractivity contribution is 5.58. The predicted octanol–water partition coefficient (Wildman–Crippen LogP) is 0.647. The van der Waals surface area contributed by atoms with E-state index in [1.165, 1.54) is 0 Å². The number of nitrogen functional groups attached to an aromatic ring is 1. The Bertz CT molecular complexity index is 669. The number of fused-ring (bicyclic) bond motifs is 2. The number of benzene rings is 1. The van der Waals surface area contributed by atoms with Crippen LogP contribution in [0.4, 0.5) is 5.69 Å². The number of hydrogen-bond acceptors (Lipinski definition) is 6. The van der Waals surface area contributed by atoms with E-state index in [0.29, 0.717) is 13.2 Å². The maximum Gasteiger partial charge on any atom is 0.163 e. The second-order valence-electron chi connectivity index (χ2n) is 5.35. The molecule has 2 N–H and O–H groups in total. The Hall–Kier alpha value is -2.28. The molecule has 0 saturated heterocycles. The molecule has 0 bridgehead atoms. The SMILES string of the molecule is Nc1cc2c(cc1CN1CCn3cnnc3C1)OCCO2. The average molecular weight is 287 g/mol. The zero-order valence-corrected chi connectivity index (χ0v) is 11.7. The Labute approximate surface area is 122 Å². The number of anilines is 1. The third-order valence-electron chi connectivity index (χ3n) is 3.92. The number of hydrogen-bond donors (Lipinski definition) is 1. The molecule has 0 unspecified atom stereocenters. The summed E-state index contributed by atoms with van der Waals surface area (Å²) in [5.74, 6) is 2.52. The molecule has 1 aromatic heterocycles. The van der Waals surface area contributed by atoms with Gasteiger partial charge in [0, 0.05) is 31.4 Å². The lowest BCUT2D eigenvalue weighted by molar-refractivity contribution is 0.170. The van der Waals surface area contributed by atoms with Crippen LogP contribution in [0.3, 0.4) is 0 Å². The molecule has 0 amide bonds. The van der Waals surface area contributed by atoms with Crippen LogP contribution in [0, 0.1) is 0 Å². The van der Waals surface area contributed by atoms with Crippen LogP contribution in [0.25, 0.3) is 0 Å². The fourth-order valence-electron chi connectivity index (χ4n) is 2.78. The van der Waals surface area contributed by atoms with Crippen LogP contribution < -0.4 is 15.2 Å². The Morgan fingerprint density at radius 1 is 1.14 bits per heavy atom. The highest BCUT2D eigenvalue weighted by atomic mass is 16.6. The van der Waals surface area contributed by atoms with E-state index < -0.39 is 0 Å². The van der Waals surface area contributed by atoms with E-state index in [1.807, 2.05) is 12.1 Å². The van der Waals surface area contributed by atoms with Crippen LogP contribution in [-0.4, -0.2) is 39.4 Å². The van der Waals surface area contributed by atoms with E-state index in [0.717, 1.165) is 54.8 Å². The summed E-state index contributed by atoms with van der Waals surface area (Å²) in [6, 6.07) is 3.85. The molecule has 0 aliphatic carbocycles. The predicted molar refractivity (Wildman–Crippen MR) is 76.0 cm³/mol. The lowest BCUT2D eigenvalue weighted by Gasteiger charge is -2.28. The van der Waals surface area contributed by atoms with Gasteiger partial charge in [-0.2, -0.15) is 0 Å². The fraction of sp³-hybridized carbons (Fsp3) is 0.429. The van der Waals surface area contributed by atoms with Crippen LogP contribution in [0.2, 0.25) is 0 Å². The van der Waals surface area contributed by atoms with E-state index in [1.54, 1.807) is 6.33 Å². The van der Waals surface area contributed by atoms with E-state index in [-0.39, 0.29) is 0 Å². The lowest BCUT2D eigenvalue weighted by Crippen LogP contribution is -2.33. The van der Waals surface area contributed by atoms with Crippen LogP contribution in [0.1, 0.15) is 11.4 Å². The molecule has 0 atom stereocenters. The fourth-order valence-corrected chi connectivity index (χ4v) is 2.78. The van der Waals surface area contributed by atoms with Crippen molar-refractivity contribution in [3.63, 3.8) is 0 Å². The molecule has 1 aromatic carbocycles. The van der Waals surface area contributed by atoms with E-state index in [2.05, 4.69) is 19.7 Å². The van der Waals surface area contributed by atoms with Gasteiger partial charge in [-0.1, -0.05) is 0 Å². The first-order valence-electron chi connectivity index (χ1n) is 7.06. The number of nitrogens with two attached hydrogens (primary N) is 1. The summed E-state index contributed by atoms with van der Waals surface area (Å²) >= 11 is 0. The lowest BCUT2D eigenvalue weighted by atomic mass is 10.1. The Morgan fingerprint density at radius 2 is 1.95 bits per heavy atom. The van der Waals surface area contributed by atoms with Gasteiger partial charge >= 0.3 is 0 Å². The normalized spacial score (nSPS) is 17.5. The third kappa shape index (κ3) is 2.29. The van der Waals surface area contributed by atoms with Crippen LogP contribution in [0.5, 0.6) is 11.5 Å². The summed E-state index contributed by atoms with van der Waals surface area (Å²) in [6.45, 7) is 4.59. The van der Waals surface area contributed by atoms with E-state index in [4.69, 9.17) is 15.2 Å². The highest BCUT2D eigenvalue weighted by Gasteiger charge is 2.20. The van der Waals surface area contributed by atoms with E-state index >= 15 is 0 Å². The third-order valence-corrected chi connectivity index (χ3v) is 3.92. The van der Waals surface area contributed by atoms with Crippen molar-refractivity contribution in [2.75, 3.05) is 25.5 Å². The molecule has 2 aliphatic rings. The van der Waals surface area contributed by atoms with Gasteiger partial charge in [0.1, 0.15) is 25.4 Å². The second-order valence-corrected chi connectivity index (χ2v) is 5.35. The van der Waals surface area contributed by atoms with Gasteiger partial charge in [0.2, 0.25) is 0 Å². The molecule has 3 heterocycles. The number of ether oxygens (including phenoxy) is 2. The topological polar surface area (TPSA) is 78.4 Å². The van der Waals surface area contributed by atoms with Gasteiger partial charge in [-0.15, -0.1) is 10.2 Å². The van der Waals surface area contributed by atoms with Gasteiger partial charge in [0.15, 0.2) is 11.5 Å². The van der Waals surface area contributed by atoms with Crippen molar-refractivity contribution in [2.45, 2.75) is 19.6 Å². The average Bonchev–Trinajstić information content (AvgIpc) is 2.95. The number of aromatic nitrogens is 3. The summed E-state index contributed by atoms with van der Waals surface area (Å²) in [6.07, 6.45) is 1.78. The van der Waals surface area contributed by atoms with Gasteiger partial charge in [0.05, 0.1) is 6.54 Å². The van der Waals surface area contributed by atoms with Gasteiger partial charge in [-0.3, -0.25) is 4.90 Å². The molecule has 2 aliphatic heterocycles. The first-order valence-corrected chi connectivity index (χ1v) is 7.06. The number of nitrogens with zero attached hydrogens (tertiary/aromatic N) is 4. The van der Waals surface area contributed by atoms with Crippen molar-refractivity contribution >= 4 is 5.69 Å². The van der Waals surface area contributed by atoms with Crippen molar-refractivity contribution in [2.24, 2.45) is 0 Å². The van der Waals surface area contributed by atoms with Crippen molar-refractivity contribution < 1.29 is 9.47 Å². The van der Waals surface area contributed by atoms with Crippen LogP contribution in [-0.2, 0) is 19.6 Å². The molecule has 4 rings (SSSR count). The van der Waals surface area contributed by atoms with Crippen LogP contribution >= 0.6 is 0 Å². The largest absolute Gasteiger partial charge is 0.486 e. The first kappa shape index (κ1) is 12.5. The molecular formula is C14H17N5O2. The highest BCUT2D eigenvalue weighted by Crippen LogP contribution is 2.35. The zero-order chi connectivity index (χ0) is 14.2. The molecule has 110 valence electrons. The molecule has 7 heteroatoms. The van der Waals surface area contributed by atoms with Gasteiger partial charge < -0.3 is 19.8 Å². The quantitative estimate of drug-likeness (QED) is 0.817. The monoisotopic (exact) mass is 287 g/mol. The standard InChI is InChI=1S/C14H17N5O2/c15-11-6-13-12(20-3-4-21-13)5-10(11)7-18-1-2-19-9-16-17-14(19)8-18/h5-6,9H,1-4,7-8,15H2. The van der Waals surface area contributed by atoms with Gasteiger partial charge in [-0.25, -0.2) is 0 Å². The first-order chi connectivity index (χ1) is 10.3. The second kappa shape index (κ2) is 4.92. The minimum absolute atomic E-state index is 0.577. The number of rotatable bonds is 2. The summed E-state index contributed by atoms with van der Waals surface area (Å²) in [4.78, 5) is 2.31. The molecule has 0 radical (unpaired) electrons. The summed E-state index contributed by atoms with van der Waals surface area (Å²) in [7, 11) is 0. The zero-order valence-electron chi connectivity index (χ0n) is 11.7. The smallest absolute Gasteiger partial charge is 0.163 e. The molecular weight excluding hydrogens is 270 g/mol. The summed E-state index contributed by atoms with van der Waals surface area (Å²) in [5.41, 5.74) is 7.95. The summed E-state index contributed by atoms with van der Waals surface area (Å²) in [5, 5.41) is 8.08. The van der Waals surface area contributed by atoms with Gasteiger partial charge in [0.25, 0.3) is 0 Å². The van der Waals surface area contributed by atoms with Crippen molar-refractivity contribution in [3.05, 3.63) is 29.8 Å². The maximum atomic E-state index is 6.14. The Kier molecular flexibility index (Phi) is 2.92. The van der Waals surface area contributed by atoms with Crippen molar-refractivity contribution in [1.29, 1.82) is 0 Å². The van der Waals surface area contributed by atoms with Crippen molar-refractivity contribution in [1.82, 2.24) is 19.7 Å². The summed E-state index contributed by atoms with van der Waals surface area (Å²) < 4.78 is 13.3. The minimum atomic E-state index is 0.577. The molecule has 0 saturated carbocycles. The molecule has 0 spiro atoms. The molecule has 2 aromatic rings. The molecule has 21 heavy (non-hydrogen) atoms.